The van der Waals surface area contributed by atoms with E-state index in [0.717, 1.165) is 55.0 Å². The zero-order chi connectivity index (χ0) is 42.7. The summed E-state index contributed by atoms with van der Waals surface area (Å²) in [6.07, 6.45) is 0. The molecule has 0 bridgehead atoms. The fraction of sp³-hybridized carbons (Fsp3) is 0.209. The second kappa shape index (κ2) is 15.8. The molecule has 4 aromatic carbocycles. The van der Waals surface area contributed by atoms with Crippen LogP contribution in [0.4, 0.5) is 34.4 Å². The number of nitrogens with two attached hydrogens (primary N) is 2. The van der Waals surface area contributed by atoms with Crippen molar-refractivity contribution in [2.45, 2.75) is 59.7 Å². The Morgan fingerprint density at radius 2 is 0.984 bits per heavy atom. The van der Waals surface area contributed by atoms with Crippen molar-refractivity contribution in [3.63, 3.8) is 0 Å². The SMILES string of the molecule is CNCc1ccc2c(c1)Sc1cc(Cn3c(=O)[nH]c4c(N)nc(C)nc43)ccc1N2C.Cc1nc(N)c2[nH]c(=O)n(Cc3ccc4c(c3)Sc3cc(CO)ccc3N4C)c2n1. The summed E-state index contributed by atoms with van der Waals surface area (Å²) in [6, 6.07) is 25.0. The summed E-state index contributed by atoms with van der Waals surface area (Å²) >= 11 is 3.42. The standard InChI is InChI=1S/C22H23N7OS.C21H20N6O2S/c1-12-25-20(23)19-21(26-12)29(22(30)27-19)11-14-5-7-16-18(9-14)31-17-8-13(10-24-2)4-6-15(17)28(16)3;1-11-23-19(22)18-20(24-11)27(21(29)25-18)9-12-3-5-14-16(7-12)30-17-8-13(10-28)4-6-15(17)26(14)2/h4-9,24H,10-11H2,1-3H3,(H,27,30)(H2,23,25,26);3-8,28H,9-10H2,1-2H3,(H,25,29)(H2,22,23,24). The predicted octanol–water partition coefficient (Wildman–Crippen LogP) is 5.79. The summed E-state index contributed by atoms with van der Waals surface area (Å²) in [5.41, 5.74) is 22.1. The molecule has 4 aromatic heterocycles. The van der Waals surface area contributed by atoms with Crippen LogP contribution in [0.2, 0.25) is 0 Å². The number of aliphatic hydroxyl groups is 1. The molecule has 6 heterocycles. The Morgan fingerprint density at radius 3 is 1.39 bits per heavy atom. The monoisotopic (exact) mass is 853 g/mol. The molecule has 16 nitrogen and oxygen atoms in total. The summed E-state index contributed by atoms with van der Waals surface area (Å²) in [5, 5.41) is 12.7. The Kier molecular flexibility index (Phi) is 10.3. The van der Waals surface area contributed by atoms with E-state index >= 15 is 0 Å². The van der Waals surface area contributed by atoms with Gasteiger partial charge in [0.1, 0.15) is 22.7 Å². The van der Waals surface area contributed by atoms with Crippen LogP contribution in [0.15, 0.2) is 102 Å². The van der Waals surface area contributed by atoms with Crippen molar-refractivity contribution in [3.05, 3.63) is 128 Å². The van der Waals surface area contributed by atoms with Crippen LogP contribution >= 0.6 is 23.5 Å². The van der Waals surface area contributed by atoms with Gasteiger partial charge in [0.2, 0.25) is 0 Å². The van der Waals surface area contributed by atoms with Crippen molar-refractivity contribution in [2.75, 3.05) is 42.4 Å². The molecule has 18 heteroatoms. The number of nitrogen functional groups attached to an aromatic ring is 2. The van der Waals surface area contributed by atoms with E-state index in [9.17, 15) is 14.7 Å². The number of H-pyrrole nitrogens is 2. The van der Waals surface area contributed by atoms with Crippen molar-refractivity contribution in [3.8, 4) is 0 Å². The van der Waals surface area contributed by atoms with Gasteiger partial charge in [-0.05, 0) is 91.7 Å². The molecule has 0 amide bonds. The smallest absolute Gasteiger partial charge is 0.328 e. The number of hydrogen-bond acceptors (Lipinski definition) is 14. The third-order valence-electron chi connectivity index (χ3n) is 10.8. The molecule has 2 aliphatic heterocycles. The van der Waals surface area contributed by atoms with Gasteiger partial charge in [0.15, 0.2) is 22.9 Å². The molecule has 0 saturated heterocycles. The van der Waals surface area contributed by atoms with Gasteiger partial charge in [0.05, 0.1) is 42.4 Å². The first kappa shape index (κ1) is 39.8. The number of fused-ring (bicyclic) bond motifs is 6. The van der Waals surface area contributed by atoms with Crippen molar-refractivity contribution in [1.82, 2.24) is 44.4 Å². The second-order valence-electron chi connectivity index (χ2n) is 15.0. The minimum Gasteiger partial charge on any atom is -0.392 e. The number of aliphatic hydroxyl groups excluding tert-OH is 1. The number of nitrogens with zero attached hydrogens (tertiary/aromatic N) is 8. The minimum absolute atomic E-state index is 0.0122. The van der Waals surface area contributed by atoms with E-state index < -0.39 is 0 Å². The van der Waals surface area contributed by atoms with Gasteiger partial charge in [-0.1, -0.05) is 47.8 Å². The topological polar surface area (TPSA) is 218 Å². The van der Waals surface area contributed by atoms with Crippen molar-refractivity contribution in [2.24, 2.45) is 0 Å². The van der Waals surface area contributed by atoms with E-state index in [4.69, 9.17) is 11.5 Å². The lowest BCUT2D eigenvalue weighted by Gasteiger charge is -2.30. The maximum atomic E-state index is 12.6. The molecule has 8 aromatic rings. The number of imidazole rings is 2. The first-order chi connectivity index (χ1) is 29.4. The molecule has 0 aliphatic carbocycles. The van der Waals surface area contributed by atoms with E-state index in [-0.39, 0.29) is 29.6 Å². The predicted molar refractivity (Wildman–Crippen MR) is 242 cm³/mol. The Morgan fingerprint density at radius 1 is 0.607 bits per heavy atom. The number of benzene rings is 4. The largest absolute Gasteiger partial charge is 0.392 e. The van der Waals surface area contributed by atoms with Crippen LogP contribution in [0, 0.1) is 13.8 Å². The molecule has 8 N–H and O–H groups in total. The number of anilines is 6. The van der Waals surface area contributed by atoms with Crippen LogP contribution in [0.1, 0.15) is 33.9 Å². The lowest BCUT2D eigenvalue weighted by Crippen LogP contribution is -2.19. The van der Waals surface area contributed by atoms with E-state index in [1.54, 1.807) is 46.5 Å². The number of aromatic nitrogens is 8. The fourth-order valence-electron chi connectivity index (χ4n) is 7.76. The Hall–Kier alpha value is -6.60. The lowest BCUT2D eigenvalue weighted by molar-refractivity contribution is 0.281. The minimum atomic E-state index is -0.267. The van der Waals surface area contributed by atoms with Gasteiger partial charge in [-0.25, -0.2) is 29.5 Å². The zero-order valence-electron chi connectivity index (χ0n) is 34.1. The van der Waals surface area contributed by atoms with Crippen LogP contribution in [0.3, 0.4) is 0 Å². The maximum Gasteiger partial charge on any atom is 0.328 e. The molecule has 310 valence electrons. The maximum absolute atomic E-state index is 12.6. The highest BCUT2D eigenvalue weighted by atomic mass is 32.2. The third kappa shape index (κ3) is 7.37. The number of nitrogens with one attached hydrogen (secondary N) is 3. The Bertz CT molecular complexity index is 3150. The fourth-order valence-corrected chi connectivity index (χ4v) is 10.3. The average molecular weight is 854 g/mol. The first-order valence-electron chi connectivity index (χ1n) is 19.4. The van der Waals surface area contributed by atoms with Gasteiger partial charge in [0, 0.05) is 40.2 Å². The van der Waals surface area contributed by atoms with E-state index in [2.05, 4.69) is 101 Å². The van der Waals surface area contributed by atoms with Crippen LogP contribution < -0.4 is 38.0 Å². The van der Waals surface area contributed by atoms with Crippen LogP contribution in [0.25, 0.3) is 22.3 Å². The van der Waals surface area contributed by atoms with Gasteiger partial charge in [-0.15, -0.1) is 0 Å². The van der Waals surface area contributed by atoms with Crippen molar-refractivity contribution < 1.29 is 5.11 Å². The van der Waals surface area contributed by atoms with Crippen LogP contribution in [0.5, 0.6) is 0 Å². The summed E-state index contributed by atoms with van der Waals surface area (Å²) in [5.74, 6) is 1.61. The second-order valence-corrected chi connectivity index (χ2v) is 17.1. The number of aryl methyl sites for hydroxylation is 2. The van der Waals surface area contributed by atoms with Crippen molar-refractivity contribution in [1.29, 1.82) is 0 Å². The molecular formula is C43H43N13O3S2. The molecule has 0 saturated carbocycles. The first-order valence-corrected chi connectivity index (χ1v) is 21.1. The summed E-state index contributed by atoms with van der Waals surface area (Å²) < 4.78 is 3.19. The summed E-state index contributed by atoms with van der Waals surface area (Å²) in [6.45, 7) is 5.13. The van der Waals surface area contributed by atoms with Crippen LogP contribution in [-0.2, 0) is 26.2 Å². The molecular weight excluding hydrogens is 811 g/mol. The van der Waals surface area contributed by atoms with Gasteiger partial charge < -0.3 is 41.7 Å². The highest BCUT2D eigenvalue weighted by Crippen LogP contribution is 2.49. The molecule has 10 rings (SSSR count). The van der Waals surface area contributed by atoms with Gasteiger partial charge in [0.25, 0.3) is 0 Å². The summed E-state index contributed by atoms with van der Waals surface area (Å²) in [7, 11) is 6.07. The molecule has 0 radical (unpaired) electrons. The molecule has 0 atom stereocenters. The number of rotatable bonds is 7. The van der Waals surface area contributed by atoms with Gasteiger partial charge >= 0.3 is 11.4 Å². The van der Waals surface area contributed by atoms with Gasteiger partial charge in [-0.3, -0.25) is 9.13 Å². The lowest BCUT2D eigenvalue weighted by atomic mass is 10.1. The molecule has 0 fully saturated rings. The number of hydrogen-bond donors (Lipinski definition) is 6. The Labute approximate surface area is 358 Å². The molecule has 2 aliphatic rings. The Balaban J connectivity index is 0.000000156. The van der Waals surface area contributed by atoms with Crippen molar-refractivity contribution >= 4 is 80.2 Å². The number of aromatic amines is 2. The highest BCUT2D eigenvalue weighted by Gasteiger charge is 2.24. The quantitative estimate of drug-likeness (QED) is 0.112. The third-order valence-corrected chi connectivity index (χ3v) is 12.9. The molecule has 61 heavy (non-hydrogen) atoms. The van der Waals surface area contributed by atoms with Crippen LogP contribution in [-0.4, -0.2) is 65.3 Å². The summed E-state index contributed by atoms with van der Waals surface area (Å²) in [4.78, 5) is 56.7. The normalized spacial score (nSPS) is 12.8. The average Bonchev–Trinajstić information content (AvgIpc) is 3.72. The molecule has 0 unspecified atom stereocenters. The highest BCUT2D eigenvalue weighted by molar-refractivity contribution is 8.00. The van der Waals surface area contributed by atoms with E-state index in [1.165, 1.54) is 16.1 Å². The van der Waals surface area contributed by atoms with Gasteiger partial charge in [-0.2, -0.15) is 0 Å². The zero-order valence-corrected chi connectivity index (χ0v) is 35.7. The van der Waals surface area contributed by atoms with E-state index in [0.29, 0.717) is 47.1 Å². The molecule has 0 spiro atoms. The van der Waals surface area contributed by atoms with E-state index in [1.807, 2.05) is 38.4 Å².